The van der Waals surface area contributed by atoms with Crippen LogP contribution in [0.2, 0.25) is 0 Å². The lowest BCUT2D eigenvalue weighted by Crippen LogP contribution is -2.38. The van der Waals surface area contributed by atoms with Crippen LogP contribution in [0.25, 0.3) is 11.0 Å². The number of fused-ring (bicyclic) bond motifs is 4. The van der Waals surface area contributed by atoms with E-state index in [-0.39, 0.29) is 12.7 Å². The first-order chi connectivity index (χ1) is 11.8. The molecule has 2 aliphatic rings. The van der Waals surface area contributed by atoms with E-state index in [2.05, 4.69) is 15.6 Å². The van der Waals surface area contributed by atoms with Crippen LogP contribution in [0.4, 0.5) is 0 Å². The fourth-order valence-electron chi connectivity index (χ4n) is 3.35. The highest BCUT2D eigenvalue weighted by Crippen LogP contribution is 2.33. The van der Waals surface area contributed by atoms with E-state index in [4.69, 9.17) is 9.47 Å². The Morgan fingerprint density at radius 2 is 1.92 bits per heavy atom. The molecule has 2 aromatic carbocycles. The number of hydrogen-bond acceptors (Lipinski definition) is 4. The van der Waals surface area contributed by atoms with Crippen molar-refractivity contribution in [1.29, 1.82) is 0 Å². The molecule has 120 valence electrons. The highest BCUT2D eigenvalue weighted by Gasteiger charge is 2.25. The zero-order valence-electron chi connectivity index (χ0n) is 12.9. The first-order valence-electron chi connectivity index (χ1n) is 7.93. The zero-order chi connectivity index (χ0) is 16.1. The van der Waals surface area contributed by atoms with Crippen LogP contribution >= 0.6 is 0 Å². The maximum atomic E-state index is 12.8. The normalized spacial score (nSPS) is 15.6. The summed E-state index contributed by atoms with van der Waals surface area (Å²) in [4.78, 5) is 19.3. The molecule has 6 heteroatoms. The van der Waals surface area contributed by atoms with Crippen LogP contribution in [0.1, 0.15) is 16.2 Å². The number of imidazole rings is 1. The van der Waals surface area contributed by atoms with Crippen LogP contribution in [0.15, 0.2) is 42.5 Å². The molecule has 1 amide bonds. The number of para-hydroxylation sites is 2. The molecule has 0 N–H and O–H groups in total. The van der Waals surface area contributed by atoms with Gasteiger partial charge in [0.05, 0.1) is 17.6 Å². The van der Waals surface area contributed by atoms with Crippen molar-refractivity contribution in [2.45, 2.75) is 13.1 Å². The van der Waals surface area contributed by atoms with Gasteiger partial charge in [-0.05, 0) is 30.3 Å². The van der Waals surface area contributed by atoms with Gasteiger partial charge in [-0.1, -0.05) is 12.1 Å². The largest absolute Gasteiger partial charge is 0.454 e. The van der Waals surface area contributed by atoms with Gasteiger partial charge >= 0.3 is 0 Å². The van der Waals surface area contributed by atoms with Crippen molar-refractivity contribution >= 4 is 16.9 Å². The Kier molecular flexibility index (Phi) is 2.79. The quantitative estimate of drug-likeness (QED) is 0.691. The molecular weight excluding hydrogens is 306 g/mol. The van der Waals surface area contributed by atoms with E-state index in [9.17, 15) is 4.79 Å². The summed E-state index contributed by atoms with van der Waals surface area (Å²) >= 11 is 0. The number of nitrogens with zero attached hydrogens (tertiary/aromatic N) is 3. The second-order valence-electron chi connectivity index (χ2n) is 5.96. The lowest BCUT2D eigenvalue weighted by Gasteiger charge is -2.28. The van der Waals surface area contributed by atoms with Crippen molar-refractivity contribution in [3.8, 4) is 11.5 Å². The van der Waals surface area contributed by atoms with Crippen LogP contribution in [0.3, 0.4) is 0 Å². The minimum absolute atomic E-state index is 0.00777. The van der Waals surface area contributed by atoms with E-state index in [1.165, 1.54) is 0 Å². The molecule has 5 rings (SSSR count). The molecule has 0 bridgehead atoms. The predicted octanol–water partition coefficient (Wildman–Crippen LogP) is 2.42. The summed E-state index contributed by atoms with van der Waals surface area (Å²) in [6.07, 6.45) is 0. The molecule has 1 aromatic heterocycles. The van der Waals surface area contributed by atoms with Gasteiger partial charge in [0.2, 0.25) is 6.79 Å². The highest BCUT2D eigenvalue weighted by molar-refractivity contribution is 5.95. The highest BCUT2D eigenvalue weighted by atomic mass is 16.7. The minimum atomic E-state index is -0.00777. The number of rotatable bonds is 1. The third kappa shape index (κ3) is 1.96. The second-order valence-corrected chi connectivity index (χ2v) is 5.96. The van der Waals surface area contributed by atoms with Gasteiger partial charge in [-0.2, -0.15) is 0 Å². The second kappa shape index (κ2) is 4.99. The van der Waals surface area contributed by atoms with Crippen LogP contribution in [-0.2, 0) is 13.1 Å². The summed E-state index contributed by atoms with van der Waals surface area (Å²) in [5.41, 5.74) is 2.72. The van der Waals surface area contributed by atoms with Crippen LogP contribution in [-0.4, -0.2) is 33.7 Å². The van der Waals surface area contributed by atoms with Gasteiger partial charge in [-0.3, -0.25) is 4.79 Å². The molecule has 0 saturated heterocycles. The van der Waals surface area contributed by atoms with Gasteiger partial charge in [-0.15, -0.1) is 0 Å². The predicted molar refractivity (Wildman–Crippen MR) is 87.0 cm³/mol. The van der Waals surface area contributed by atoms with Crippen molar-refractivity contribution in [2.75, 3.05) is 13.3 Å². The summed E-state index contributed by atoms with van der Waals surface area (Å²) < 4.78 is 12.9. The average Bonchev–Trinajstić information content (AvgIpc) is 3.23. The molecule has 0 atom stereocenters. The standard InChI is InChI=1S/C18H15N3O3/c22-18(12-5-6-15-16(9-12)24-11-23-15)20-7-8-21-14-4-2-1-3-13(14)19-17(21)10-20/h1-6,9H,7-8,10-11H2. The number of hydrogen-bond donors (Lipinski definition) is 0. The summed E-state index contributed by atoms with van der Waals surface area (Å²) in [5.74, 6) is 2.24. The SMILES string of the molecule is O=C(c1ccc2c(c1)OCO2)N1CCn2c(nc3ccccc32)C1. The van der Waals surface area contributed by atoms with E-state index >= 15 is 0 Å². The molecule has 0 unspecified atom stereocenters. The summed E-state index contributed by atoms with van der Waals surface area (Å²) in [6, 6.07) is 13.4. The molecule has 0 radical (unpaired) electrons. The molecule has 6 nitrogen and oxygen atoms in total. The number of amides is 1. The van der Waals surface area contributed by atoms with Crippen LogP contribution < -0.4 is 9.47 Å². The lowest BCUT2D eigenvalue weighted by atomic mass is 10.1. The first-order valence-corrected chi connectivity index (χ1v) is 7.93. The zero-order valence-corrected chi connectivity index (χ0v) is 12.9. The smallest absolute Gasteiger partial charge is 0.254 e. The number of aromatic nitrogens is 2. The van der Waals surface area contributed by atoms with Crippen LogP contribution in [0.5, 0.6) is 11.5 Å². The van der Waals surface area contributed by atoms with Crippen molar-refractivity contribution in [3.05, 3.63) is 53.9 Å². The number of benzene rings is 2. The Hall–Kier alpha value is -3.02. The van der Waals surface area contributed by atoms with Gasteiger partial charge in [0.1, 0.15) is 5.82 Å². The Balaban J connectivity index is 1.45. The fraction of sp³-hybridized carbons (Fsp3) is 0.222. The molecule has 2 aliphatic heterocycles. The van der Waals surface area contributed by atoms with E-state index in [1.54, 1.807) is 18.2 Å². The number of ether oxygens (including phenoxy) is 2. The molecular formula is C18H15N3O3. The summed E-state index contributed by atoms with van der Waals surface area (Å²) in [6.45, 7) is 2.15. The molecule has 0 aliphatic carbocycles. The third-order valence-corrected chi connectivity index (χ3v) is 4.57. The van der Waals surface area contributed by atoms with Crippen LogP contribution in [0, 0.1) is 0 Å². The third-order valence-electron chi connectivity index (χ3n) is 4.57. The Labute approximate surface area is 138 Å². The van der Waals surface area contributed by atoms with E-state index < -0.39 is 0 Å². The Morgan fingerprint density at radius 1 is 1.04 bits per heavy atom. The van der Waals surface area contributed by atoms with Gasteiger partial charge < -0.3 is 18.9 Å². The van der Waals surface area contributed by atoms with Gasteiger partial charge in [0, 0.05) is 18.7 Å². The maximum Gasteiger partial charge on any atom is 0.254 e. The molecule has 3 heterocycles. The fourth-order valence-corrected chi connectivity index (χ4v) is 3.35. The van der Waals surface area contributed by atoms with Gasteiger partial charge in [0.15, 0.2) is 11.5 Å². The van der Waals surface area contributed by atoms with E-state index in [0.717, 1.165) is 23.4 Å². The van der Waals surface area contributed by atoms with Crippen molar-refractivity contribution < 1.29 is 14.3 Å². The molecule has 0 saturated carbocycles. The first kappa shape index (κ1) is 13.4. The van der Waals surface area contributed by atoms with Crippen molar-refractivity contribution in [1.82, 2.24) is 14.5 Å². The maximum absolute atomic E-state index is 12.8. The summed E-state index contributed by atoms with van der Waals surface area (Å²) in [7, 11) is 0. The molecule has 0 spiro atoms. The molecule has 3 aromatic rings. The van der Waals surface area contributed by atoms with Crippen molar-refractivity contribution in [2.24, 2.45) is 0 Å². The van der Waals surface area contributed by atoms with Gasteiger partial charge in [-0.25, -0.2) is 4.98 Å². The number of carbonyl (C=O) groups is 1. The average molecular weight is 321 g/mol. The van der Waals surface area contributed by atoms with E-state index in [1.807, 2.05) is 23.1 Å². The summed E-state index contributed by atoms with van der Waals surface area (Å²) in [5, 5.41) is 0. The monoisotopic (exact) mass is 321 g/mol. The van der Waals surface area contributed by atoms with E-state index in [0.29, 0.717) is 30.2 Å². The Morgan fingerprint density at radius 3 is 2.88 bits per heavy atom. The number of carbonyl (C=O) groups excluding carboxylic acids is 1. The topological polar surface area (TPSA) is 56.6 Å². The minimum Gasteiger partial charge on any atom is -0.454 e. The van der Waals surface area contributed by atoms with Gasteiger partial charge in [0.25, 0.3) is 5.91 Å². The molecule has 24 heavy (non-hydrogen) atoms. The Bertz CT molecular complexity index is 963. The van der Waals surface area contributed by atoms with Crippen molar-refractivity contribution in [3.63, 3.8) is 0 Å². The lowest BCUT2D eigenvalue weighted by molar-refractivity contribution is 0.0708. The molecule has 0 fully saturated rings.